The molecule has 1 aliphatic rings. The van der Waals surface area contributed by atoms with E-state index in [2.05, 4.69) is 19.2 Å². The number of nitrogens with zero attached hydrogens (tertiary/aromatic N) is 1. The van der Waals surface area contributed by atoms with Crippen molar-refractivity contribution in [2.75, 3.05) is 0 Å². The van der Waals surface area contributed by atoms with Crippen LogP contribution in [0.1, 0.15) is 60.2 Å². The summed E-state index contributed by atoms with van der Waals surface area (Å²) >= 11 is 1.83. The molecule has 4 nitrogen and oxygen atoms in total. The summed E-state index contributed by atoms with van der Waals surface area (Å²) in [6, 6.07) is 4.03. The monoisotopic (exact) mass is 306 g/mol. The fourth-order valence-electron chi connectivity index (χ4n) is 2.89. The van der Waals surface area contributed by atoms with Crippen molar-refractivity contribution >= 4 is 11.3 Å². The zero-order valence-corrected chi connectivity index (χ0v) is 13.3. The van der Waals surface area contributed by atoms with Crippen LogP contribution in [0, 0.1) is 0 Å². The highest BCUT2D eigenvalue weighted by molar-refractivity contribution is 7.11. The zero-order chi connectivity index (χ0) is 14.8. The van der Waals surface area contributed by atoms with Crippen molar-refractivity contribution in [1.29, 1.82) is 0 Å². The van der Waals surface area contributed by atoms with Crippen LogP contribution in [0.15, 0.2) is 22.8 Å². The summed E-state index contributed by atoms with van der Waals surface area (Å²) in [5.41, 5.74) is 1.30. The maximum absolute atomic E-state index is 10.1. The first-order valence-corrected chi connectivity index (χ1v) is 8.41. The standard InChI is InChI=1S/C16H22N2O2S/c1-10(9-13(19)14-6-4-8-20-14)17-11(2)16-18-12-5-3-7-15(12)21-16/h4,6,8,10-11,13,17,19H,3,5,7,9H2,1-2H3. The number of aryl methyl sites for hydroxylation is 2. The molecule has 0 fully saturated rings. The van der Waals surface area contributed by atoms with Gasteiger partial charge in [-0.25, -0.2) is 4.98 Å². The molecule has 2 aromatic heterocycles. The Morgan fingerprint density at radius 2 is 2.29 bits per heavy atom. The first-order valence-electron chi connectivity index (χ1n) is 7.59. The molecule has 0 aromatic carbocycles. The molecule has 0 spiro atoms. The topological polar surface area (TPSA) is 58.3 Å². The van der Waals surface area contributed by atoms with Crippen molar-refractivity contribution in [2.45, 2.75) is 57.7 Å². The van der Waals surface area contributed by atoms with E-state index in [0.717, 1.165) is 6.42 Å². The summed E-state index contributed by atoms with van der Waals surface area (Å²) in [5.74, 6) is 0.629. The Kier molecular flexibility index (Phi) is 4.42. The maximum Gasteiger partial charge on any atom is 0.132 e. The maximum atomic E-state index is 10.1. The second-order valence-corrected chi connectivity index (χ2v) is 6.95. The number of nitrogens with one attached hydrogen (secondary N) is 1. The van der Waals surface area contributed by atoms with Crippen LogP contribution in [0.5, 0.6) is 0 Å². The summed E-state index contributed by atoms with van der Waals surface area (Å²) in [7, 11) is 0. The van der Waals surface area contributed by atoms with Crippen LogP contribution in [-0.4, -0.2) is 16.1 Å². The number of hydrogen-bond donors (Lipinski definition) is 2. The molecule has 0 saturated heterocycles. The first kappa shape index (κ1) is 14.8. The largest absolute Gasteiger partial charge is 0.467 e. The third kappa shape index (κ3) is 3.36. The predicted molar refractivity (Wildman–Crippen MR) is 83.4 cm³/mol. The number of rotatable bonds is 6. The molecule has 3 atom stereocenters. The number of thiazole rings is 1. The second-order valence-electron chi connectivity index (χ2n) is 5.83. The fourth-order valence-corrected chi connectivity index (χ4v) is 4.06. The molecule has 0 aliphatic heterocycles. The fraction of sp³-hybridized carbons (Fsp3) is 0.562. The molecule has 0 radical (unpaired) electrons. The third-order valence-electron chi connectivity index (χ3n) is 3.97. The van der Waals surface area contributed by atoms with Gasteiger partial charge in [-0.3, -0.25) is 0 Å². The third-order valence-corrected chi connectivity index (χ3v) is 5.31. The van der Waals surface area contributed by atoms with Gasteiger partial charge in [0.25, 0.3) is 0 Å². The van der Waals surface area contributed by atoms with Gasteiger partial charge in [0.15, 0.2) is 0 Å². The van der Waals surface area contributed by atoms with Crippen LogP contribution in [0.4, 0.5) is 0 Å². The van der Waals surface area contributed by atoms with Crippen LogP contribution in [0.2, 0.25) is 0 Å². The lowest BCUT2D eigenvalue weighted by atomic mass is 10.1. The number of aliphatic hydroxyl groups is 1. The van der Waals surface area contributed by atoms with Crippen LogP contribution in [0.25, 0.3) is 0 Å². The van der Waals surface area contributed by atoms with Crippen LogP contribution >= 0.6 is 11.3 Å². The average Bonchev–Trinajstić information content (AvgIpc) is 3.15. The Labute approximate surface area is 129 Å². The Bertz CT molecular complexity index is 558. The molecular weight excluding hydrogens is 284 g/mol. The van der Waals surface area contributed by atoms with E-state index in [0.29, 0.717) is 12.2 Å². The number of furan rings is 1. The SMILES string of the molecule is CC(CC(O)c1ccco1)NC(C)c1nc2c(s1)CCC2. The van der Waals surface area contributed by atoms with Crippen LogP contribution in [0.3, 0.4) is 0 Å². The molecule has 0 amide bonds. The molecule has 21 heavy (non-hydrogen) atoms. The van der Waals surface area contributed by atoms with Crippen LogP contribution in [-0.2, 0) is 12.8 Å². The van der Waals surface area contributed by atoms with Crippen molar-refractivity contribution in [2.24, 2.45) is 0 Å². The van der Waals surface area contributed by atoms with Gasteiger partial charge in [-0.15, -0.1) is 11.3 Å². The number of hydrogen-bond acceptors (Lipinski definition) is 5. The van der Waals surface area contributed by atoms with Crippen molar-refractivity contribution in [3.8, 4) is 0 Å². The van der Waals surface area contributed by atoms with Gasteiger partial charge in [-0.2, -0.15) is 0 Å². The summed E-state index contributed by atoms with van der Waals surface area (Å²) in [6.45, 7) is 4.23. The van der Waals surface area contributed by atoms with Crippen molar-refractivity contribution < 1.29 is 9.52 Å². The lowest BCUT2D eigenvalue weighted by Gasteiger charge is -2.20. The molecule has 114 valence electrons. The molecule has 5 heteroatoms. The zero-order valence-electron chi connectivity index (χ0n) is 12.5. The van der Waals surface area contributed by atoms with E-state index in [1.165, 1.54) is 28.4 Å². The molecule has 0 bridgehead atoms. The predicted octanol–water partition coefficient (Wildman–Crippen LogP) is 3.39. The van der Waals surface area contributed by atoms with E-state index in [1.807, 2.05) is 17.4 Å². The molecular formula is C16H22N2O2S. The van der Waals surface area contributed by atoms with Crippen molar-refractivity contribution in [1.82, 2.24) is 10.3 Å². The van der Waals surface area contributed by atoms with E-state index in [9.17, 15) is 5.11 Å². The van der Waals surface area contributed by atoms with Gasteiger partial charge in [-0.1, -0.05) is 0 Å². The highest BCUT2D eigenvalue weighted by atomic mass is 32.1. The van der Waals surface area contributed by atoms with Gasteiger partial charge in [0.2, 0.25) is 0 Å². The van der Waals surface area contributed by atoms with Gasteiger partial charge in [0.1, 0.15) is 16.9 Å². The molecule has 3 rings (SSSR count). The van der Waals surface area contributed by atoms with Gasteiger partial charge in [0, 0.05) is 10.9 Å². The average molecular weight is 306 g/mol. The van der Waals surface area contributed by atoms with Gasteiger partial charge in [0.05, 0.1) is 18.0 Å². The highest BCUT2D eigenvalue weighted by Crippen LogP contribution is 2.31. The molecule has 2 heterocycles. The Balaban J connectivity index is 1.55. The van der Waals surface area contributed by atoms with Crippen molar-refractivity contribution in [3.05, 3.63) is 39.7 Å². The second kappa shape index (κ2) is 6.30. The Morgan fingerprint density at radius 1 is 1.43 bits per heavy atom. The van der Waals surface area contributed by atoms with Crippen molar-refractivity contribution in [3.63, 3.8) is 0 Å². The normalized spacial score (nSPS) is 18.4. The highest BCUT2D eigenvalue weighted by Gasteiger charge is 2.21. The summed E-state index contributed by atoms with van der Waals surface area (Å²) in [4.78, 5) is 6.21. The Morgan fingerprint density at radius 3 is 3.00 bits per heavy atom. The molecule has 1 aliphatic carbocycles. The van der Waals surface area contributed by atoms with E-state index in [1.54, 1.807) is 12.3 Å². The number of fused-ring (bicyclic) bond motifs is 1. The van der Waals surface area contributed by atoms with E-state index in [-0.39, 0.29) is 12.1 Å². The minimum absolute atomic E-state index is 0.193. The molecule has 2 aromatic rings. The quantitative estimate of drug-likeness (QED) is 0.859. The summed E-state index contributed by atoms with van der Waals surface area (Å²) in [6.07, 6.45) is 5.23. The van der Waals surface area contributed by atoms with E-state index >= 15 is 0 Å². The Hall–Kier alpha value is -1.17. The lowest BCUT2D eigenvalue weighted by molar-refractivity contribution is 0.127. The molecule has 2 N–H and O–H groups in total. The smallest absolute Gasteiger partial charge is 0.132 e. The number of aromatic nitrogens is 1. The number of aliphatic hydroxyl groups excluding tert-OH is 1. The van der Waals surface area contributed by atoms with E-state index < -0.39 is 6.10 Å². The van der Waals surface area contributed by atoms with E-state index in [4.69, 9.17) is 9.40 Å². The minimum Gasteiger partial charge on any atom is -0.467 e. The van der Waals surface area contributed by atoms with Crippen LogP contribution < -0.4 is 5.32 Å². The molecule has 3 unspecified atom stereocenters. The van der Waals surface area contributed by atoms with Gasteiger partial charge in [-0.05, 0) is 51.7 Å². The van der Waals surface area contributed by atoms with Gasteiger partial charge < -0.3 is 14.8 Å². The summed E-state index contributed by atoms with van der Waals surface area (Å²) < 4.78 is 5.24. The summed E-state index contributed by atoms with van der Waals surface area (Å²) in [5, 5.41) is 14.8. The first-order chi connectivity index (χ1) is 10.1. The van der Waals surface area contributed by atoms with Gasteiger partial charge >= 0.3 is 0 Å². The lowest BCUT2D eigenvalue weighted by Crippen LogP contribution is -2.30. The molecule has 0 saturated carbocycles. The minimum atomic E-state index is -0.559.